The molecule has 1 aromatic carbocycles. The van der Waals surface area contributed by atoms with Crippen LogP contribution in [0, 0.1) is 0 Å². The fourth-order valence-electron chi connectivity index (χ4n) is 4.27. The van der Waals surface area contributed by atoms with Crippen molar-refractivity contribution in [2.24, 2.45) is 4.99 Å². The highest BCUT2D eigenvalue weighted by Gasteiger charge is 2.26. The number of piperazine rings is 1. The average Bonchev–Trinajstić information content (AvgIpc) is 3.34. The van der Waals surface area contributed by atoms with E-state index in [-0.39, 0.29) is 29.9 Å². The molecular formula is C23H32IN5O2. The van der Waals surface area contributed by atoms with Gasteiger partial charge in [-0.25, -0.2) is 0 Å². The fraction of sp³-hybridized carbons (Fsp3) is 0.478. The summed E-state index contributed by atoms with van der Waals surface area (Å²) < 4.78 is 5.24. The van der Waals surface area contributed by atoms with E-state index in [1.807, 2.05) is 11.9 Å². The molecule has 0 saturated carbocycles. The van der Waals surface area contributed by atoms with Crippen molar-refractivity contribution in [3.8, 4) is 0 Å². The molecule has 3 heterocycles. The molecule has 1 unspecified atom stereocenters. The topological polar surface area (TPSA) is 64.3 Å². The number of rotatable bonds is 4. The van der Waals surface area contributed by atoms with Crippen molar-refractivity contribution in [2.75, 3.05) is 46.3 Å². The van der Waals surface area contributed by atoms with Gasteiger partial charge in [-0.05, 0) is 36.6 Å². The Bertz CT molecular complexity index is 878. The van der Waals surface area contributed by atoms with Crippen LogP contribution >= 0.6 is 24.0 Å². The largest absolute Gasteiger partial charge is 0.459 e. The lowest BCUT2D eigenvalue weighted by molar-refractivity contribution is 0.0657. The van der Waals surface area contributed by atoms with Crippen LogP contribution in [0.25, 0.3) is 0 Å². The van der Waals surface area contributed by atoms with Gasteiger partial charge in [-0.2, -0.15) is 0 Å². The second-order valence-corrected chi connectivity index (χ2v) is 8.02. The molecule has 0 radical (unpaired) electrons. The van der Waals surface area contributed by atoms with Crippen molar-refractivity contribution in [3.05, 3.63) is 59.5 Å². The third kappa shape index (κ3) is 5.60. The molecule has 168 valence electrons. The number of benzene rings is 1. The van der Waals surface area contributed by atoms with Crippen LogP contribution in [0.3, 0.4) is 0 Å². The van der Waals surface area contributed by atoms with Gasteiger partial charge in [0.1, 0.15) is 0 Å². The zero-order valence-electron chi connectivity index (χ0n) is 18.3. The third-order valence-corrected chi connectivity index (χ3v) is 6.15. The molecule has 2 aliphatic heterocycles. The lowest BCUT2D eigenvalue weighted by atomic mass is 9.99. The number of fused-ring (bicyclic) bond motifs is 1. The molecule has 4 rings (SSSR count). The quantitative estimate of drug-likeness (QED) is 0.369. The van der Waals surface area contributed by atoms with E-state index in [4.69, 9.17) is 4.42 Å². The van der Waals surface area contributed by atoms with Gasteiger partial charge >= 0.3 is 0 Å². The number of halogens is 1. The van der Waals surface area contributed by atoms with Gasteiger partial charge in [-0.15, -0.1) is 24.0 Å². The predicted molar refractivity (Wildman–Crippen MR) is 133 cm³/mol. The highest BCUT2D eigenvalue weighted by atomic mass is 127. The molecule has 0 aliphatic carbocycles. The number of furan rings is 1. The Morgan fingerprint density at radius 2 is 1.77 bits per heavy atom. The smallest absolute Gasteiger partial charge is 0.289 e. The number of guanidine groups is 1. The van der Waals surface area contributed by atoms with Crippen LogP contribution in [0.15, 0.2) is 52.1 Å². The maximum Gasteiger partial charge on any atom is 0.289 e. The van der Waals surface area contributed by atoms with E-state index in [2.05, 4.69) is 51.3 Å². The van der Waals surface area contributed by atoms with Crippen LogP contribution in [0.4, 0.5) is 0 Å². The summed E-state index contributed by atoms with van der Waals surface area (Å²) in [5.74, 6) is 1.27. The number of amides is 1. The van der Waals surface area contributed by atoms with Crippen molar-refractivity contribution < 1.29 is 9.21 Å². The summed E-state index contributed by atoms with van der Waals surface area (Å²) in [6, 6.07) is 12.6. The number of aliphatic imine (C=N–C) groups is 1. The Morgan fingerprint density at radius 1 is 1.06 bits per heavy atom. The molecule has 1 saturated heterocycles. The minimum Gasteiger partial charge on any atom is -0.459 e. The van der Waals surface area contributed by atoms with Gasteiger partial charge in [0.2, 0.25) is 0 Å². The minimum atomic E-state index is -0.0402. The zero-order valence-corrected chi connectivity index (χ0v) is 20.6. The summed E-state index contributed by atoms with van der Waals surface area (Å²) in [5.41, 5.74) is 2.92. The first kappa shape index (κ1) is 23.6. The predicted octanol–water partition coefficient (Wildman–Crippen LogP) is 2.68. The second kappa shape index (κ2) is 11.0. The van der Waals surface area contributed by atoms with Gasteiger partial charge in [-0.1, -0.05) is 24.3 Å². The average molecular weight is 537 g/mol. The molecule has 31 heavy (non-hydrogen) atoms. The standard InChI is InChI=1S/C23H31N5O2.HI/c1-18(28-10-9-19-6-3-4-7-20(19)17-28)16-25-23(24-2)27-13-11-26(12-14-27)22(29)21-8-5-15-30-21;/h3-8,15,18H,9-14,16-17H2,1-2H3,(H,24,25);1H. The van der Waals surface area contributed by atoms with Crippen molar-refractivity contribution in [2.45, 2.75) is 25.9 Å². The van der Waals surface area contributed by atoms with E-state index < -0.39 is 0 Å². The molecule has 7 nitrogen and oxygen atoms in total. The molecular weight excluding hydrogens is 505 g/mol. The molecule has 2 aromatic rings. The van der Waals surface area contributed by atoms with Gasteiger partial charge in [0.25, 0.3) is 5.91 Å². The highest BCUT2D eigenvalue weighted by Crippen LogP contribution is 2.20. The van der Waals surface area contributed by atoms with E-state index in [9.17, 15) is 4.79 Å². The maximum atomic E-state index is 12.4. The SMILES string of the molecule is CN=C(NCC(C)N1CCc2ccccc2C1)N1CCN(C(=O)c2ccco2)CC1.I. The Labute approximate surface area is 201 Å². The van der Waals surface area contributed by atoms with Crippen molar-refractivity contribution in [3.63, 3.8) is 0 Å². The molecule has 8 heteroatoms. The monoisotopic (exact) mass is 537 g/mol. The first-order chi connectivity index (χ1) is 14.7. The minimum absolute atomic E-state index is 0. The fourth-order valence-corrected chi connectivity index (χ4v) is 4.27. The van der Waals surface area contributed by atoms with Crippen LogP contribution in [0.2, 0.25) is 0 Å². The second-order valence-electron chi connectivity index (χ2n) is 8.02. The van der Waals surface area contributed by atoms with Crippen molar-refractivity contribution in [1.82, 2.24) is 20.0 Å². The molecule has 1 amide bonds. The Hall–Kier alpha value is -2.07. The molecule has 1 aromatic heterocycles. The van der Waals surface area contributed by atoms with Crippen molar-refractivity contribution in [1.29, 1.82) is 0 Å². The molecule has 0 spiro atoms. The molecule has 1 N–H and O–H groups in total. The highest BCUT2D eigenvalue weighted by molar-refractivity contribution is 14.0. The van der Waals surface area contributed by atoms with Crippen LogP contribution < -0.4 is 5.32 Å². The number of hydrogen-bond donors (Lipinski definition) is 1. The van der Waals surface area contributed by atoms with Gasteiger partial charge < -0.3 is 19.5 Å². The summed E-state index contributed by atoms with van der Waals surface area (Å²) in [4.78, 5) is 23.5. The van der Waals surface area contributed by atoms with Gasteiger partial charge in [-0.3, -0.25) is 14.7 Å². The summed E-state index contributed by atoms with van der Waals surface area (Å²) in [6.45, 7) is 8.07. The summed E-state index contributed by atoms with van der Waals surface area (Å²) in [7, 11) is 1.82. The summed E-state index contributed by atoms with van der Waals surface area (Å²) >= 11 is 0. The number of hydrogen-bond acceptors (Lipinski definition) is 4. The number of nitrogens with one attached hydrogen (secondary N) is 1. The first-order valence-electron chi connectivity index (χ1n) is 10.7. The Morgan fingerprint density at radius 3 is 2.45 bits per heavy atom. The van der Waals surface area contributed by atoms with Gasteiger partial charge in [0.05, 0.1) is 6.26 Å². The van der Waals surface area contributed by atoms with Crippen LogP contribution in [0.1, 0.15) is 28.6 Å². The number of carbonyl (C=O) groups excluding carboxylic acids is 1. The summed E-state index contributed by atoms with van der Waals surface area (Å²) in [5, 5.41) is 3.54. The first-order valence-corrected chi connectivity index (χ1v) is 10.7. The Balaban J connectivity index is 0.00000272. The van der Waals surface area contributed by atoms with Gasteiger partial charge in [0, 0.05) is 58.9 Å². The van der Waals surface area contributed by atoms with Gasteiger partial charge in [0.15, 0.2) is 11.7 Å². The van der Waals surface area contributed by atoms with E-state index in [1.54, 1.807) is 12.1 Å². The zero-order chi connectivity index (χ0) is 20.9. The lowest BCUT2D eigenvalue weighted by Crippen LogP contribution is -2.55. The van der Waals surface area contributed by atoms with E-state index in [0.29, 0.717) is 24.9 Å². The summed E-state index contributed by atoms with van der Waals surface area (Å²) in [6.07, 6.45) is 2.65. The van der Waals surface area contributed by atoms with Crippen LogP contribution in [-0.2, 0) is 13.0 Å². The molecule has 2 aliphatic rings. The normalized spacial score (nSPS) is 18.2. The molecule has 1 fully saturated rings. The lowest BCUT2D eigenvalue weighted by Gasteiger charge is -2.37. The van der Waals surface area contributed by atoms with Crippen LogP contribution in [0.5, 0.6) is 0 Å². The van der Waals surface area contributed by atoms with E-state index in [0.717, 1.165) is 45.1 Å². The van der Waals surface area contributed by atoms with Crippen LogP contribution in [-0.4, -0.2) is 78.9 Å². The number of carbonyl (C=O) groups is 1. The number of nitrogens with zero attached hydrogens (tertiary/aromatic N) is 4. The molecule has 1 atom stereocenters. The van der Waals surface area contributed by atoms with E-state index >= 15 is 0 Å². The maximum absolute atomic E-state index is 12.4. The van der Waals surface area contributed by atoms with E-state index in [1.165, 1.54) is 17.4 Å². The Kier molecular flexibility index (Phi) is 8.36. The van der Waals surface area contributed by atoms with Crippen molar-refractivity contribution >= 4 is 35.8 Å². The third-order valence-electron chi connectivity index (χ3n) is 6.15. The molecule has 0 bridgehead atoms.